The molecule has 1 aliphatic heterocycles. The van der Waals surface area contributed by atoms with E-state index in [4.69, 9.17) is 9.47 Å². The van der Waals surface area contributed by atoms with Crippen molar-refractivity contribution in [3.63, 3.8) is 0 Å². The molecule has 8 heteroatoms. The molecule has 0 aromatic heterocycles. The molecule has 0 radical (unpaired) electrons. The normalized spacial score (nSPS) is 17.3. The van der Waals surface area contributed by atoms with E-state index in [9.17, 15) is 9.18 Å². The number of halogens is 2. The number of ether oxygens (including phenoxy) is 2. The van der Waals surface area contributed by atoms with Crippen LogP contribution in [0.4, 0.5) is 10.1 Å². The fraction of sp³-hybridized carbons (Fsp3) is 0.273. The van der Waals surface area contributed by atoms with Gasteiger partial charge in [-0.1, -0.05) is 6.92 Å². The molecule has 1 N–H and O–H groups in total. The second-order valence-corrected chi connectivity index (χ2v) is 8.44. The molecule has 1 fully saturated rings. The molecule has 1 aliphatic rings. The Morgan fingerprint density at radius 2 is 2.00 bits per heavy atom. The fourth-order valence-electron chi connectivity index (χ4n) is 2.60. The zero-order chi connectivity index (χ0) is 21.7. The van der Waals surface area contributed by atoms with Crippen molar-refractivity contribution in [2.24, 2.45) is 4.99 Å². The van der Waals surface area contributed by atoms with Gasteiger partial charge in [0, 0.05) is 0 Å². The Labute approximate surface area is 187 Å². The number of nitrogens with zero attached hydrogens (tertiary/aromatic N) is 1. The molecular weight excluding hydrogens is 471 g/mol. The third-order valence-corrected chi connectivity index (χ3v) is 5.73. The molecule has 1 heterocycles. The summed E-state index contributed by atoms with van der Waals surface area (Å²) < 4.78 is 25.6. The number of amides is 1. The van der Waals surface area contributed by atoms with Gasteiger partial charge in [0.2, 0.25) is 0 Å². The van der Waals surface area contributed by atoms with Crippen LogP contribution in [-0.4, -0.2) is 23.8 Å². The minimum Gasteiger partial charge on any atom is -0.490 e. The SMILES string of the molecule is CCOc1cc(C=C2SC(=Nc3ccc(F)cc3)NC2=O)cc(Br)c1OC(C)CC. The maximum absolute atomic E-state index is 13.0. The number of aliphatic imine (C=N–C) groups is 1. The van der Waals surface area contributed by atoms with Crippen molar-refractivity contribution in [1.29, 1.82) is 0 Å². The van der Waals surface area contributed by atoms with E-state index < -0.39 is 0 Å². The maximum Gasteiger partial charge on any atom is 0.264 e. The second kappa shape index (κ2) is 10.1. The molecule has 158 valence electrons. The van der Waals surface area contributed by atoms with Crippen LogP contribution >= 0.6 is 27.7 Å². The second-order valence-electron chi connectivity index (χ2n) is 6.56. The van der Waals surface area contributed by atoms with Gasteiger partial charge in [0.25, 0.3) is 5.91 Å². The summed E-state index contributed by atoms with van der Waals surface area (Å²) in [5.41, 5.74) is 1.36. The van der Waals surface area contributed by atoms with Crippen LogP contribution in [0.1, 0.15) is 32.8 Å². The van der Waals surface area contributed by atoms with Gasteiger partial charge in [0.1, 0.15) is 5.82 Å². The van der Waals surface area contributed by atoms with Crippen molar-refractivity contribution < 1.29 is 18.7 Å². The van der Waals surface area contributed by atoms with E-state index in [1.165, 1.54) is 23.9 Å². The average Bonchev–Trinajstić information content (AvgIpc) is 3.05. The van der Waals surface area contributed by atoms with E-state index in [1.54, 1.807) is 18.2 Å². The van der Waals surface area contributed by atoms with E-state index in [2.05, 4.69) is 33.2 Å². The summed E-state index contributed by atoms with van der Waals surface area (Å²) in [5, 5.41) is 3.17. The summed E-state index contributed by atoms with van der Waals surface area (Å²) in [6, 6.07) is 9.50. The Morgan fingerprint density at radius 1 is 1.27 bits per heavy atom. The molecule has 1 atom stereocenters. The molecule has 30 heavy (non-hydrogen) atoms. The highest BCUT2D eigenvalue weighted by Gasteiger charge is 2.24. The number of carbonyl (C=O) groups excluding carboxylic acids is 1. The van der Waals surface area contributed by atoms with Crippen LogP contribution in [0.25, 0.3) is 6.08 Å². The molecule has 1 unspecified atom stereocenters. The van der Waals surface area contributed by atoms with E-state index in [-0.39, 0.29) is 17.8 Å². The van der Waals surface area contributed by atoms with Crippen LogP contribution in [0.3, 0.4) is 0 Å². The number of rotatable bonds is 7. The Morgan fingerprint density at radius 3 is 2.67 bits per heavy atom. The van der Waals surface area contributed by atoms with Crippen molar-refractivity contribution in [2.75, 3.05) is 6.61 Å². The highest BCUT2D eigenvalue weighted by molar-refractivity contribution is 9.10. The lowest BCUT2D eigenvalue weighted by Crippen LogP contribution is -2.19. The van der Waals surface area contributed by atoms with Crippen molar-refractivity contribution in [1.82, 2.24) is 5.32 Å². The van der Waals surface area contributed by atoms with E-state index in [0.717, 1.165) is 16.5 Å². The Hall–Kier alpha value is -2.32. The van der Waals surface area contributed by atoms with Crippen LogP contribution in [0.2, 0.25) is 0 Å². The first-order valence-electron chi connectivity index (χ1n) is 9.57. The molecule has 1 amide bonds. The van der Waals surface area contributed by atoms with Gasteiger partial charge in [-0.3, -0.25) is 4.79 Å². The standard InChI is InChI=1S/C22H22BrFN2O3S/c1-4-13(3)29-20-17(23)10-14(11-18(20)28-5-2)12-19-21(27)26-22(30-19)25-16-8-6-15(24)7-9-16/h6-13H,4-5H2,1-3H3,(H,25,26,27). The lowest BCUT2D eigenvalue weighted by molar-refractivity contribution is -0.115. The topological polar surface area (TPSA) is 59.9 Å². The number of hydrogen-bond donors (Lipinski definition) is 1. The van der Waals surface area contributed by atoms with Crippen LogP contribution < -0.4 is 14.8 Å². The first-order chi connectivity index (χ1) is 14.4. The Balaban J connectivity index is 1.86. The third-order valence-electron chi connectivity index (χ3n) is 4.23. The Kier molecular flexibility index (Phi) is 7.55. The lowest BCUT2D eigenvalue weighted by atomic mass is 10.1. The number of amidine groups is 1. The minimum absolute atomic E-state index is 0.0473. The van der Waals surface area contributed by atoms with Crippen molar-refractivity contribution in [3.8, 4) is 11.5 Å². The lowest BCUT2D eigenvalue weighted by Gasteiger charge is -2.18. The van der Waals surface area contributed by atoms with Gasteiger partial charge in [0.05, 0.1) is 27.8 Å². The molecule has 2 aromatic rings. The van der Waals surface area contributed by atoms with E-state index >= 15 is 0 Å². The molecule has 1 saturated heterocycles. The third kappa shape index (κ3) is 5.64. The number of thioether (sulfide) groups is 1. The van der Waals surface area contributed by atoms with Crippen molar-refractivity contribution in [2.45, 2.75) is 33.3 Å². The van der Waals surface area contributed by atoms with Crippen LogP contribution in [0.5, 0.6) is 11.5 Å². The smallest absolute Gasteiger partial charge is 0.264 e. The van der Waals surface area contributed by atoms with E-state index in [1.807, 2.05) is 26.0 Å². The molecule has 3 rings (SSSR count). The van der Waals surface area contributed by atoms with Gasteiger partial charge in [-0.25, -0.2) is 9.38 Å². The predicted molar refractivity (Wildman–Crippen MR) is 123 cm³/mol. The van der Waals surface area contributed by atoms with Gasteiger partial charge in [-0.15, -0.1) is 0 Å². The number of carbonyl (C=O) groups is 1. The number of nitrogens with one attached hydrogen (secondary N) is 1. The first-order valence-corrected chi connectivity index (χ1v) is 11.2. The van der Waals surface area contributed by atoms with Crippen LogP contribution in [0.15, 0.2) is 50.8 Å². The highest BCUT2D eigenvalue weighted by atomic mass is 79.9. The monoisotopic (exact) mass is 492 g/mol. The molecule has 0 spiro atoms. The summed E-state index contributed by atoms with van der Waals surface area (Å²) >= 11 is 4.78. The quantitative estimate of drug-likeness (QED) is 0.477. The summed E-state index contributed by atoms with van der Waals surface area (Å²) in [7, 11) is 0. The van der Waals surface area contributed by atoms with Gasteiger partial charge in [-0.05, 0) is 96.0 Å². The first kappa shape index (κ1) is 22.4. The summed E-state index contributed by atoms with van der Waals surface area (Å²) in [6.07, 6.45) is 2.69. The molecule has 0 saturated carbocycles. The molecule has 0 bridgehead atoms. The summed E-state index contributed by atoms with van der Waals surface area (Å²) in [5.74, 6) is 0.687. The predicted octanol–water partition coefficient (Wildman–Crippen LogP) is 6.06. The molecular formula is C22H22BrFN2O3S. The van der Waals surface area contributed by atoms with E-state index in [0.29, 0.717) is 33.9 Å². The number of benzene rings is 2. The molecule has 0 aliphatic carbocycles. The minimum atomic E-state index is -0.334. The molecule has 2 aromatic carbocycles. The highest BCUT2D eigenvalue weighted by Crippen LogP contribution is 2.39. The fourth-order valence-corrected chi connectivity index (χ4v) is 3.99. The summed E-state index contributed by atoms with van der Waals surface area (Å²) in [6.45, 7) is 6.45. The van der Waals surface area contributed by atoms with Crippen molar-refractivity contribution >= 4 is 50.5 Å². The zero-order valence-electron chi connectivity index (χ0n) is 16.9. The number of hydrogen-bond acceptors (Lipinski definition) is 5. The van der Waals surface area contributed by atoms with Gasteiger partial charge >= 0.3 is 0 Å². The summed E-state index contributed by atoms with van der Waals surface area (Å²) in [4.78, 5) is 17.2. The van der Waals surface area contributed by atoms with Gasteiger partial charge in [0.15, 0.2) is 16.7 Å². The molecule has 5 nitrogen and oxygen atoms in total. The van der Waals surface area contributed by atoms with Crippen molar-refractivity contribution in [3.05, 3.63) is 57.2 Å². The van der Waals surface area contributed by atoms with Gasteiger partial charge < -0.3 is 14.8 Å². The average molecular weight is 493 g/mol. The Bertz CT molecular complexity index is 993. The van der Waals surface area contributed by atoms with Crippen LogP contribution in [-0.2, 0) is 4.79 Å². The largest absolute Gasteiger partial charge is 0.490 e. The maximum atomic E-state index is 13.0. The van der Waals surface area contributed by atoms with Crippen LogP contribution in [0, 0.1) is 5.82 Å². The van der Waals surface area contributed by atoms with Gasteiger partial charge in [-0.2, -0.15) is 0 Å². The zero-order valence-corrected chi connectivity index (χ0v) is 19.3.